The van der Waals surface area contributed by atoms with Crippen LogP contribution < -0.4 is 10.1 Å². The largest absolute Gasteiger partial charge is 0.494 e. The number of nitrogens with one attached hydrogen (secondary N) is 1. The van der Waals surface area contributed by atoms with Gasteiger partial charge >= 0.3 is 0 Å². The molecule has 0 spiro atoms. The highest BCUT2D eigenvalue weighted by Gasteiger charge is 2.08. The van der Waals surface area contributed by atoms with Crippen molar-refractivity contribution in [1.29, 1.82) is 0 Å². The van der Waals surface area contributed by atoms with Gasteiger partial charge in [-0.25, -0.2) is 0 Å². The van der Waals surface area contributed by atoms with Crippen molar-refractivity contribution < 1.29 is 9.53 Å². The molecule has 0 atom stereocenters. The molecule has 0 saturated heterocycles. The minimum atomic E-state index is -0.118. The summed E-state index contributed by atoms with van der Waals surface area (Å²) >= 11 is 5.56. The van der Waals surface area contributed by atoms with Gasteiger partial charge in [0.05, 0.1) is 11.5 Å². The van der Waals surface area contributed by atoms with Crippen LogP contribution in [0.5, 0.6) is 5.75 Å². The molecule has 2 rings (SSSR count). The molecule has 1 aromatic heterocycles. The normalized spacial score (nSPS) is 10.2. The zero-order chi connectivity index (χ0) is 13.7. The van der Waals surface area contributed by atoms with Crippen molar-refractivity contribution in [3.05, 3.63) is 40.6 Å². The number of hydrogen-bond donors (Lipinski definition) is 2. The summed E-state index contributed by atoms with van der Waals surface area (Å²) in [4.78, 5) is 13.4. The molecule has 0 radical (unpaired) electrons. The number of benzene rings is 1. The maximum Gasteiger partial charge on any atom is 0.265 e. The molecule has 1 aromatic carbocycles. The van der Waals surface area contributed by atoms with E-state index in [0.29, 0.717) is 11.5 Å². The molecule has 0 aliphatic heterocycles. The van der Waals surface area contributed by atoms with Crippen molar-refractivity contribution in [3.63, 3.8) is 0 Å². The Hall–Kier alpha value is -1.46. The molecule has 0 fully saturated rings. The van der Waals surface area contributed by atoms with Gasteiger partial charge in [0.1, 0.15) is 5.75 Å². The Labute approximate surface area is 122 Å². The van der Waals surface area contributed by atoms with Crippen LogP contribution in [0.3, 0.4) is 0 Å². The third-order valence-electron chi connectivity index (χ3n) is 2.39. The lowest BCUT2D eigenvalue weighted by Crippen LogP contribution is -2.09. The van der Waals surface area contributed by atoms with Crippen molar-refractivity contribution in [2.75, 3.05) is 11.9 Å². The molecule has 1 heterocycles. The van der Waals surface area contributed by atoms with E-state index in [1.807, 2.05) is 29.6 Å². The molecule has 0 bridgehead atoms. The van der Waals surface area contributed by atoms with Gasteiger partial charge < -0.3 is 10.1 Å². The molecule has 0 aliphatic carbocycles. The van der Waals surface area contributed by atoms with Gasteiger partial charge in [0.2, 0.25) is 0 Å². The SMILES string of the molecule is CCCOc1ccc(NC(=O)c2cc(S)cs2)cc1. The second-order valence-electron chi connectivity index (χ2n) is 4.00. The van der Waals surface area contributed by atoms with E-state index >= 15 is 0 Å². The lowest BCUT2D eigenvalue weighted by Gasteiger charge is -2.06. The molecule has 0 unspecified atom stereocenters. The molecule has 1 N–H and O–H groups in total. The number of carbonyl (C=O) groups is 1. The quantitative estimate of drug-likeness (QED) is 0.815. The summed E-state index contributed by atoms with van der Waals surface area (Å²) in [6, 6.07) is 9.12. The van der Waals surface area contributed by atoms with Crippen LogP contribution in [0.2, 0.25) is 0 Å². The van der Waals surface area contributed by atoms with E-state index in [2.05, 4.69) is 24.9 Å². The average molecular weight is 293 g/mol. The zero-order valence-electron chi connectivity index (χ0n) is 10.6. The molecule has 19 heavy (non-hydrogen) atoms. The second-order valence-corrected chi connectivity index (χ2v) is 5.42. The van der Waals surface area contributed by atoms with Crippen molar-refractivity contribution in [2.45, 2.75) is 18.2 Å². The first kappa shape index (κ1) is 14.0. The van der Waals surface area contributed by atoms with Crippen molar-refractivity contribution in [3.8, 4) is 5.75 Å². The average Bonchev–Trinajstić information content (AvgIpc) is 2.85. The molecule has 1 amide bonds. The van der Waals surface area contributed by atoms with Gasteiger partial charge in [0.15, 0.2) is 0 Å². The molecule has 3 nitrogen and oxygen atoms in total. The lowest BCUT2D eigenvalue weighted by molar-refractivity contribution is 0.103. The molecule has 0 saturated carbocycles. The Balaban J connectivity index is 1.97. The van der Waals surface area contributed by atoms with E-state index in [-0.39, 0.29) is 5.91 Å². The van der Waals surface area contributed by atoms with Gasteiger partial charge in [-0.1, -0.05) is 6.92 Å². The van der Waals surface area contributed by atoms with E-state index in [9.17, 15) is 4.79 Å². The fraction of sp³-hybridized carbons (Fsp3) is 0.214. The summed E-state index contributed by atoms with van der Waals surface area (Å²) < 4.78 is 5.48. The summed E-state index contributed by atoms with van der Waals surface area (Å²) in [6.45, 7) is 2.76. The van der Waals surface area contributed by atoms with Crippen LogP contribution in [-0.2, 0) is 0 Å². The van der Waals surface area contributed by atoms with Gasteiger partial charge in [-0.05, 0) is 36.8 Å². The van der Waals surface area contributed by atoms with Crippen molar-refractivity contribution >= 4 is 35.6 Å². The number of anilines is 1. The van der Waals surface area contributed by atoms with Crippen LogP contribution >= 0.6 is 24.0 Å². The van der Waals surface area contributed by atoms with Crippen LogP contribution in [0.25, 0.3) is 0 Å². The smallest absolute Gasteiger partial charge is 0.265 e. The summed E-state index contributed by atoms with van der Waals surface area (Å²) in [5, 5.41) is 4.67. The minimum Gasteiger partial charge on any atom is -0.494 e. The van der Waals surface area contributed by atoms with Gasteiger partial charge in [0.25, 0.3) is 5.91 Å². The van der Waals surface area contributed by atoms with Gasteiger partial charge in [-0.3, -0.25) is 4.79 Å². The summed E-state index contributed by atoms with van der Waals surface area (Å²) in [5.74, 6) is 0.696. The molecular formula is C14H15NO2S2. The fourth-order valence-electron chi connectivity index (χ4n) is 1.49. The zero-order valence-corrected chi connectivity index (χ0v) is 12.3. The van der Waals surface area contributed by atoms with Crippen LogP contribution in [0.1, 0.15) is 23.0 Å². The van der Waals surface area contributed by atoms with E-state index < -0.39 is 0 Å². The van der Waals surface area contributed by atoms with E-state index in [1.54, 1.807) is 6.07 Å². The highest BCUT2D eigenvalue weighted by molar-refractivity contribution is 7.80. The molecule has 2 aromatic rings. The van der Waals surface area contributed by atoms with Crippen LogP contribution in [0.4, 0.5) is 5.69 Å². The number of thiol groups is 1. The monoisotopic (exact) mass is 293 g/mol. The van der Waals surface area contributed by atoms with Crippen molar-refractivity contribution in [1.82, 2.24) is 0 Å². The maximum atomic E-state index is 11.9. The van der Waals surface area contributed by atoms with Gasteiger partial charge in [0, 0.05) is 16.0 Å². The summed E-state index contributed by atoms with van der Waals surface area (Å²) in [7, 11) is 0. The van der Waals surface area contributed by atoms with Crippen molar-refractivity contribution in [2.24, 2.45) is 0 Å². The first-order valence-corrected chi connectivity index (χ1v) is 7.33. The standard InChI is InChI=1S/C14H15NO2S2/c1-2-7-17-11-5-3-10(4-6-11)15-14(16)13-8-12(18)9-19-13/h3-6,8-9,18H,2,7H2,1H3,(H,15,16). The predicted octanol–water partition coefficient (Wildman–Crippen LogP) is 4.08. The van der Waals surface area contributed by atoms with E-state index in [0.717, 1.165) is 22.8 Å². The number of amides is 1. The highest BCUT2D eigenvalue weighted by Crippen LogP contribution is 2.20. The molecule has 0 aliphatic rings. The van der Waals surface area contributed by atoms with E-state index in [1.165, 1.54) is 11.3 Å². The first-order chi connectivity index (χ1) is 9.19. The topological polar surface area (TPSA) is 38.3 Å². The Morgan fingerprint density at radius 3 is 2.68 bits per heavy atom. The minimum absolute atomic E-state index is 0.118. The summed E-state index contributed by atoms with van der Waals surface area (Å²) in [6.07, 6.45) is 0.975. The maximum absolute atomic E-state index is 11.9. The molecule has 100 valence electrons. The van der Waals surface area contributed by atoms with Crippen LogP contribution in [-0.4, -0.2) is 12.5 Å². The fourth-order valence-corrected chi connectivity index (χ4v) is 2.54. The Morgan fingerprint density at radius 2 is 2.11 bits per heavy atom. The second kappa shape index (κ2) is 6.63. The Bertz CT molecular complexity index is 549. The van der Waals surface area contributed by atoms with E-state index in [4.69, 9.17) is 4.74 Å². The molecular weight excluding hydrogens is 278 g/mol. The van der Waals surface area contributed by atoms with Crippen LogP contribution in [0.15, 0.2) is 40.6 Å². The van der Waals surface area contributed by atoms with Crippen LogP contribution in [0, 0.1) is 0 Å². The number of hydrogen-bond acceptors (Lipinski definition) is 4. The van der Waals surface area contributed by atoms with Gasteiger partial charge in [-0.2, -0.15) is 0 Å². The molecule has 5 heteroatoms. The first-order valence-electron chi connectivity index (χ1n) is 6.00. The number of ether oxygens (including phenoxy) is 1. The third kappa shape index (κ3) is 4.01. The Kier molecular flexibility index (Phi) is 4.87. The predicted molar refractivity (Wildman–Crippen MR) is 81.8 cm³/mol. The number of rotatable bonds is 5. The summed E-state index contributed by atoms with van der Waals surface area (Å²) in [5.41, 5.74) is 0.753. The van der Waals surface area contributed by atoms with Gasteiger partial charge in [-0.15, -0.1) is 24.0 Å². The lowest BCUT2D eigenvalue weighted by atomic mass is 10.3. The number of carbonyl (C=O) groups excluding carboxylic acids is 1. The third-order valence-corrected chi connectivity index (χ3v) is 3.76. The highest BCUT2D eigenvalue weighted by atomic mass is 32.1. The number of thiophene rings is 1. The Morgan fingerprint density at radius 1 is 1.37 bits per heavy atom.